The molecule has 1 aliphatic heterocycles. The number of hydrogen-bond acceptors (Lipinski definition) is 4. The van der Waals surface area contributed by atoms with Crippen LogP contribution in [0.15, 0.2) is 48.5 Å². The maximum atomic E-state index is 5.72. The second-order valence-electron chi connectivity index (χ2n) is 7.47. The maximum Gasteiger partial charge on any atom is 0.119 e. The molecule has 146 valence electrons. The Hall–Kier alpha value is -2.04. The number of rotatable bonds is 9. The first kappa shape index (κ1) is 19.7. The van der Waals surface area contributed by atoms with Crippen LogP contribution in [0.5, 0.6) is 11.5 Å². The van der Waals surface area contributed by atoms with Crippen LogP contribution < -0.4 is 14.8 Å². The van der Waals surface area contributed by atoms with Crippen molar-refractivity contribution in [3.63, 3.8) is 0 Å². The Labute approximate surface area is 163 Å². The van der Waals surface area contributed by atoms with Crippen molar-refractivity contribution in [2.45, 2.75) is 45.4 Å². The molecule has 2 aromatic carbocycles. The number of likely N-dealkylation sites (tertiary alicyclic amines) is 1. The van der Waals surface area contributed by atoms with Gasteiger partial charge in [0.05, 0.1) is 13.2 Å². The maximum absolute atomic E-state index is 5.72. The van der Waals surface area contributed by atoms with Crippen molar-refractivity contribution in [3.8, 4) is 11.5 Å². The Bertz CT molecular complexity index is 677. The zero-order valence-corrected chi connectivity index (χ0v) is 16.8. The highest BCUT2D eigenvalue weighted by molar-refractivity contribution is 5.30. The van der Waals surface area contributed by atoms with Crippen LogP contribution in [0, 0.1) is 0 Å². The van der Waals surface area contributed by atoms with E-state index in [9.17, 15) is 0 Å². The minimum atomic E-state index is 0.208. The second kappa shape index (κ2) is 9.77. The first-order valence-electron chi connectivity index (χ1n) is 10.00. The summed E-state index contributed by atoms with van der Waals surface area (Å²) in [6, 6.07) is 17.3. The largest absolute Gasteiger partial charge is 0.497 e. The third-order valence-corrected chi connectivity index (χ3v) is 5.04. The highest BCUT2D eigenvalue weighted by Gasteiger charge is 2.23. The van der Waals surface area contributed by atoms with E-state index in [1.165, 1.54) is 37.1 Å². The minimum Gasteiger partial charge on any atom is -0.497 e. The normalized spacial score (nSPS) is 15.9. The summed E-state index contributed by atoms with van der Waals surface area (Å²) in [7, 11) is 1.71. The Morgan fingerprint density at radius 3 is 2.15 bits per heavy atom. The average molecular weight is 369 g/mol. The second-order valence-corrected chi connectivity index (χ2v) is 7.47. The topological polar surface area (TPSA) is 33.7 Å². The lowest BCUT2D eigenvalue weighted by Crippen LogP contribution is -2.34. The van der Waals surface area contributed by atoms with Crippen molar-refractivity contribution >= 4 is 0 Å². The van der Waals surface area contributed by atoms with Crippen molar-refractivity contribution in [2.75, 3.05) is 26.7 Å². The van der Waals surface area contributed by atoms with E-state index < -0.39 is 0 Å². The standard InChI is InChI=1S/C23H32N2O2/c1-18(2)27-22-10-6-19(7-11-22)16-24-17-23(25-14-4-5-15-25)20-8-12-21(26-3)13-9-20/h6-13,18,23-24H,4-5,14-17H2,1-3H3. The van der Waals surface area contributed by atoms with Crippen LogP contribution in [0.25, 0.3) is 0 Å². The predicted octanol–water partition coefficient (Wildman–Crippen LogP) is 4.41. The van der Waals surface area contributed by atoms with Gasteiger partial charge in [-0.15, -0.1) is 0 Å². The number of nitrogens with zero attached hydrogens (tertiary/aromatic N) is 1. The van der Waals surface area contributed by atoms with E-state index in [1.807, 2.05) is 13.8 Å². The number of ether oxygens (including phenoxy) is 2. The predicted molar refractivity (Wildman–Crippen MR) is 110 cm³/mol. The summed E-state index contributed by atoms with van der Waals surface area (Å²) in [5, 5.41) is 3.65. The molecular formula is C23H32N2O2. The lowest BCUT2D eigenvalue weighted by molar-refractivity contribution is 0.238. The monoisotopic (exact) mass is 368 g/mol. The summed E-state index contributed by atoms with van der Waals surface area (Å²) in [5.41, 5.74) is 2.63. The van der Waals surface area contributed by atoms with Gasteiger partial charge in [0, 0.05) is 19.1 Å². The van der Waals surface area contributed by atoms with Gasteiger partial charge in [0.15, 0.2) is 0 Å². The van der Waals surface area contributed by atoms with Crippen LogP contribution in [-0.2, 0) is 6.54 Å². The molecule has 0 radical (unpaired) electrons. The van der Waals surface area contributed by atoms with Gasteiger partial charge in [0.1, 0.15) is 11.5 Å². The third-order valence-electron chi connectivity index (χ3n) is 5.04. The fraction of sp³-hybridized carbons (Fsp3) is 0.478. The van der Waals surface area contributed by atoms with Gasteiger partial charge >= 0.3 is 0 Å². The summed E-state index contributed by atoms with van der Waals surface area (Å²) < 4.78 is 11.0. The van der Waals surface area contributed by atoms with E-state index in [0.717, 1.165) is 24.6 Å². The molecule has 1 heterocycles. The molecule has 1 aliphatic rings. The molecule has 1 atom stereocenters. The van der Waals surface area contributed by atoms with Gasteiger partial charge in [-0.3, -0.25) is 4.90 Å². The highest BCUT2D eigenvalue weighted by atomic mass is 16.5. The quantitative estimate of drug-likeness (QED) is 0.711. The number of methoxy groups -OCH3 is 1. The summed E-state index contributed by atoms with van der Waals surface area (Å²) in [6.45, 7) is 8.26. The molecule has 0 saturated carbocycles. The number of nitrogens with one attached hydrogen (secondary N) is 1. The van der Waals surface area contributed by atoms with E-state index in [1.54, 1.807) is 7.11 Å². The Kier molecular flexibility index (Phi) is 7.13. The highest BCUT2D eigenvalue weighted by Crippen LogP contribution is 2.26. The van der Waals surface area contributed by atoms with Gasteiger partial charge in [0.25, 0.3) is 0 Å². The summed E-state index contributed by atoms with van der Waals surface area (Å²) in [4.78, 5) is 2.59. The van der Waals surface area contributed by atoms with Crippen LogP contribution >= 0.6 is 0 Å². The van der Waals surface area contributed by atoms with Gasteiger partial charge in [-0.1, -0.05) is 24.3 Å². The van der Waals surface area contributed by atoms with Crippen molar-refractivity contribution in [3.05, 3.63) is 59.7 Å². The molecular weight excluding hydrogens is 336 g/mol. The lowest BCUT2D eigenvalue weighted by atomic mass is 10.0. The SMILES string of the molecule is COc1ccc(C(CNCc2ccc(OC(C)C)cc2)N2CCCC2)cc1. The minimum absolute atomic E-state index is 0.208. The molecule has 27 heavy (non-hydrogen) atoms. The van der Waals surface area contributed by atoms with Crippen molar-refractivity contribution in [1.29, 1.82) is 0 Å². The van der Waals surface area contributed by atoms with E-state index in [0.29, 0.717) is 6.04 Å². The van der Waals surface area contributed by atoms with Crippen LogP contribution in [-0.4, -0.2) is 37.7 Å². The Morgan fingerprint density at radius 1 is 0.926 bits per heavy atom. The van der Waals surface area contributed by atoms with Gasteiger partial charge in [-0.2, -0.15) is 0 Å². The van der Waals surface area contributed by atoms with Gasteiger partial charge in [-0.25, -0.2) is 0 Å². The van der Waals surface area contributed by atoms with Crippen molar-refractivity contribution in [1.82, 2.24) is 10.2 Å². The first-order chi connectivity index (χ1) is 13.2. The smallest absolute Gasteiger partial charge is 0.119 e. The molecule has 0 amide bonds. The average Bonchev–Trinajstić information content (AvgIpc) is 3.21. The Balaban J connectivity index is 1.59. The van der Waals surface area contributed by atoms with Crippen LogP contribution in [0.3, 0.4) is 0 Å². The molecule has 0 aliphatic carbocycles. The zero-order valence-electron chi connectivity index (χ0n) is 16.8. The van der Waals surface area contributed by atoms with Gasteiger partial charge < -0.3 is 14.8 Å². The zero-order chi connectivity index (χ0) is 19.1. The van der Waals surface area contributed by atoms with E-state index in [-0.39, 0.29) is 6.10 Å². The summed E-state index contributed by atoms with van der Waals surface area (Å²) in [6.07, 6.45) is 2.80. The first-order valence-corrected chi connectivity index (χ1v) is 10.00. The van der Waals surface area contributed by atoms with Crippen LogP contribution in [0.1, 0.15) is 43.9 Å². The lowest BCUT2D eigenvalue weighted by Gasteiger charge is -2.28. The molecule has 3 rings (SSSR count). The number of hydrogen-bond donors (Lipinski definition) is 1. The van der Waals surface area contributed by atoms with E-state index in [2.05, 4.69) is 58.7 Å². The van der Waals surface area contributed by atoms with Gasteiger partial charge in [0.2, 0.25) is 0 Å². The Morgan fingerprint density at radius 2 is 1.56 bits per heavy atom. The molecule has 0 aromatic heterocycles. The molecule has 2 aromatic rings. The molecule has 0 bridgehead atoms. The molecule has 1 fully saturated rings. The van der Waals surface area contributed by atoms with E-state index in [4.69, 9.17) is 9.47 Å². The summed E-state index contributed by atoms with van der Waals surface area (Å²) >= 11 is 0. The fourth-order valence-electron chi connectivity index (χ4n) is 3.65. The summed E-state index contributed by atoms with van der Waals surface area (Å²) in [5.74, 6) is 1.84. The molecule has 4 heteroatoms. The fourth-order valence-corrected chi connectivity index (χ4v) is 3.65. The molecule has 1 saturated heterocycles. The third kappa shape index (κ3) is 5.72. The molecule has 1 unspecified atom stereocenters. The van der Waals surface area contributed by atoms with Gasteiger partial charge in [-0.05, 0) is 75.2 Å². The number of benzene rings is 2. The van der Waals surface area contributed by atoms with Crippen molar-refractivity contribution < 1.29 is 9.47 Å². The van der Waals surface area contributed by atoms with Crippen molar-refractivity contribution in [2.24, 2.45) is 0 Å². The van der Waals surface area contributed by atoms with E-state index >= 15 is 0 Å². The van der Waals surface area contributed by atoms with Crippen LogP contribution in [0.4, 0.5) is 0 Å². The molecule has 0 spiro atoms. The molecule has 4 nitrogen and oxygen atoms in total. The van der Waals surface area contributed by atoms with Crippen LogP contribution in [0.2, 0.25) is 0 Å². The molecule has 1 N–H and O–H groups in total.